The summed E-state index contributed by atoms with van der Waals surface area (Å²) in [6.07, 6.45) is 4.27. The highest BCUT2D eigenvalue weighted by atomic mass is 16.5. The maximum Gasteiger partial charge on any atom is 0.249 e. The third kappa shape index (κ3) is 3.99. The zero-order chi connectivity index (χ0) is 17.8. The molecule has 0 aliphatic carbocycles. The van der Waals surface area contributed by atoms with Crippen molar-refractivity contribution in [3.63, 3.8) is 0 Å². The van der Waals surface area contributed by atoms with Crippen LogP contribution in [-0.4, -0.2) is 25.1 Å². The Morgan fingerprint density at radius 2 is 1.88 bits per heavy atom. The van der Waals surface area contributed by atoms with E-state index < -0.39 is 0 Å². The number of nitrogens with zero attached hydrogens (tertiary/aromatic N) is 5. The third-order valence-corrected chi connectivity index (χ3v) is 3.87. The predicted octanol–water partition coefficient (Wildman–Crippen LogP) is 3.60. The molecule has 1 atom stereocenters. The fraction of sp³-hybridized carbons (Fsp3) is 0.389. The highest BCUT2D eigenvalue weighted by molar-refractivity contribution is 5.52. The van der Waals surface area contributed by atoms with Crippen molar-refractivity contribution in [1.29, 1.82) is 0 Å². The molecule has 0 bridgehead atoms. The van der Waals surface area contributed by atoms with Gasteiger partial charge in [-0.25, -0.2) is 9.97 Å². The molecule has 25 heavy (non-hydrogen) atoms. The van der Waals surface area contributed by atoms with Gasteiger partial charge in [-0.3, -0.25) is 4.98 Å². The van der Waals surface area contributed by atoms with Gasteiger partial charge in [0.05, 0.1) is 0 Å². The maximum atomic E-state index is 5.51. The van der Waals surface area contributed by atoms with Crippen LogP contribution in [-0.2, 0) is 6.42 Å². The van der Waals surface area contributed by atoms with Crippen LogP contribution in [0.25, 0.3) is 11.4 Å². The summed E-state index contributed by atoms with van der Waals surface area (Å²) in [5.74, 6) is 2.85. The topological polar surface area (TPSA) is 89.6 Å². The summed E-state index contributed by atoms with van der Waals surface area (Å²) in [5, 5.41) is 7.51. The minimum absolute atomic E-state index is 0.137. The van der Waals surface area contributed by atoms with Crippen molar-refractivity contribution in [3.8, 4) is 11.4 Å². The minimum atomic E-state index is -0.137. The van der Waals surface area contributed by atoms with Crippen molar-refractivity contribution in [3.05, 3.63) is 48.0 Å². The molecule has 3 aromatic heterocycles. The average molecular weight is 338 g/mol. The van der Waals surface area contributed by atoms with E-state index in [9.17, 15) is 0 Å². The molecule has 0 aromatic carbocycles. The molecule has 0 amide bonds. The Kier molecular flexibility index (Phi) is 5.02. The Hall–Kier alpha value is -2.83. The van der Waals surface area contributed by atoms with Crippen LogP contribution in [0.3, 0.4) is 0 Å². The Morgan fingerprint density at radius 1 is 1.12 bits per heavy atom. The maximum absolute atomic E-state index is 5.51. The first-order chi connectivity index (χ1) is 12.1. The lowest BCUT2D eigenvalue weighted by Crippen LogP contribution is -2.18. The van der Waals surface area contributed by atoms with Crippen LogP contribution in [0.4, 0.5) is 5.82 Å². The highest BCUT2D eigenvalue weighted by Crippen LogP contribution is 2.26. The average Bonchev–Trinajstić information content (AvgIpc) is 3.09. The lowest BCUT2D eigenvalue weighted by atomic mass is 10.0. The van der Waals surface area contributed by atoms with E-state index in [4.69, 9.17) is 4.52 Å². The normalized spacial score (nSPS) is 12.4. The number of rotatable bonds is 6. The molecule has 7 heteroatoms. The molecule has 0 radical (unpaired) electrons. The van der Waals surface area contributed by atoms with Gasteiger partial charge in [-0.2, -0.15) is 4.98 Å². The molecule has 1 N–H and O–H groups in total. The van der Waals surface area contributed by atoms with Gasteiger partial charge in [-0.1, -0.05) is 25.9 Å². The van der Waals surface area contributed by atoms with E-state index in [0.717, 1.165) is 29.3 Å². The molecule has 0 spiro atoms. The van der Waals surface area contributed by atoms with Crippen LogP contribution in [0, 0.1) is 12.8 Å². The first kappa shape index (κ1) is 17.0. The zero-order valence-corrected chi connectivity index (χ0v) is 14.9. The number of aromatic nitrogens is 5. The molecule has 7 nitrogen and oxygen atoms in total. The van der Waals surface area contributed by atoms with Crippen molar-refractivity contribution >= 4 is 5.82 Å². The first-order valence-corrected chi connectivity index (χ1v) is 8.42. The summed E-state index contributed by atoms with van der Waals surface area (Å²) in [6, 6.07) is 5.53. The molecule has 0 aliphatic rings. The lowest BCUT2D eigenvalue weighted by Gasteiger charge is -2.19. The van der Waals surface area contributed by atoms with E-state index in [1.165, 1.54) is 0 Å². The van der Waals surface area contributed by atoms with Crippen molar-refractivity contribution in [2.24, 2.45) is 5.92 Å². The number of anilines is 1. The van der Waals surface area contributed by atoms with E-state index in [-0.39, 0.29) is 12.0 Å². The van der Waals surface area contributed by atoms with E-state index >= 15 is 0 Å². The van der Waals surface area contributed by atoms with Crippen LogP contribution in [0.2, 0.25) is 0 Å². The van der Waals surface area contributed by atoms with E-state index in [2.05, 4.69) is 51.2 Å². The van der Waals surface area contributed by atoms with Gasteiger partial charge in [0.1, 0.15) is 17.7 Å². The van der Waals surface area contributed by atoms with Crippen LogP contribution >= 0.6 is 0 Å². The van der Waals surface area contributed by atoms with Crippen LogP contribution in [0.15, 0.2) is 35.1 Å². The molecule has 3 aromatic rings. The number of pyridine rings is 1. The van der Waals surface area contributed by atoms with Gasteiger partial charge in [-0.05, 0) is 31.4 Å². The van der Waals surface area contributed by atoms with Gasteiger partial charge < -0.3 is 9.84 Å². The molecular formula is C18H22N6O. The largest absolute Gasteiger partial charge is 0.358 e. The predicted molar refractivity (Wildman–Crippen MR) is 94.9 cm³/mol. The Balaban J connectivity index is 1.87. The summed E-state index contributed by atoms with van der Waals surface area (Å²) in [7, 11) is 0. The fourth-order valence-electron chi connectivity index (χ4n) is 2.54. The summed E-state index contributed by atoms with van der Waals surface area (Å²) in [6.45, 7) is 8.17. The van der Waals surface area contributed by atoms with Gasteiger partial charge in [0.2, 0.25) is 11.7 Å². The molecule has 0 fully saturated rings. The second-order valence-corrected chi connectivity index (χ2v) is 6.20. The lowest BCUT2D eigenvalue weighted by molar-refractivity contribution is 0.335. The third-order valence-electron chi connectivity index (χ3n) is 3.87. The van der Waals surface area contributed by atoms with Crippen molar-refractivity contribution in [1.82, 2.24) is 25.1 Å². The van der Waals surface area contributed by atoms with Gasteiger partial charge in [0, 0.05) is 29.7 Å². The fourth-order valence-corrected chi connectivity index (χ4v) is 2.54. The molecule has 3 rings (SSSR count). The standard InChI is InChI=1S/C18H22N6O/c1-5-14-10-15(21-12(4)20-14)22-16(11(2)3)18-23-17(24-25-18)13-6-8-19-9-7-13/h6-11,16H,5H2,1-4H3,(H,20,21,22). The molecule has 3 heterocycles. The Labute approximate surface area is 146 Å². The zero-order valence-electron chi connectivity index (χ0n) is 14.9. The Morgan fingerprint density at radius 3 is 2.56 bits per heavy atom. The van der Waals surface area contributed by atoms with Crippen LogP contribution in [0.5, 0.6) is 0 Å². The molecule has 0 saturated heterocycles. The molecule has 0 aliphatic heterocycles. The summed E-state index contributed by atoms with van der Waals surface area (Å²) in [4.78, 5) is 17.4. The number of hydrogen-bond acceptors (Lipinski definition) is 7. The Bertz CT molecular complexity index is 831. The second kappa shape index (κ2) is 7.38. The van der Waals surface area contributed by atoms with Crippen LogP contribution in [0.1, 0.15) is 44.2 Å². The SMILES string of the molecule is CCc1cc(NC(c2nc(-c3ccncc3)no2)C(C)C)nc(C)n1. The monoisotopic (exact) mass is 338 g/mol. The highest BCUT2D eigenvalue weighted by Gasteiger charge is 2.23. The second-order valence-electron chi connectivity index (χ2n) is 6.20. The van der Waals surface area contributed by atoms with E-state index in [0.29, 0.717) is 11.7 Å². The quantitative estimate of drug-likeness (QED) is 0.734. The number of hydrogen-bond donors (Lipinski definition) is 1. The van der Waals surface area contributed by atoms with E-state index in [1.54, 1.807) is 12.4 Å². The smallest absolute Gasteiger partial charge is 0.249 e. The van der Waals surface area contributed by atoms with E-state index in [1.807, 2.05) is 25.1 Å². The van der Waals surface area contributed by atoms with Crippen molar-refractivity contribution in [2.75, 3.05) is 5.32 Å². The summed E-state index contributed by atoms with van der Waals surface area (Å²) in [5.41, 5.74) is 1.87. The van der Waals surface area contributed by atoms with Gasteiger partial charge >= 0.3 is 0 Å². The van der Waals surface area contributed by atoms with Gasteiger partial charge in [0.25, 0.3) is 0 Å². The summed E-state index contributed by atoms with van der Waals surface area (Å²) < 4.78 is 5.51. The number of nitrogens with one attached hydrogen (secondary N) is 1. The van der Waals surface area contributed by atoms with Gasteiger partial charge in [0.15, 0.2) is 0 Å². The molecule has 0 saturated carbocycles. The van der Waals surface area contributed by atoms with Crippen molar-refractivity contribution in [2.45, 2.75) is 40.2 Å². The molecular weight excluding hydrogens is 316 g/mol. The summed E-state index contributed by atoms with van der Waals surface area (Å²) >= 11 is 0. The van der Waals surface area contributed by atoms with Crippen LogP contribution < -0.4 is 5.32 Å². The minimum Gasteiger partial charge on any atom is -0.358 e. The van der Waals surface area contributed by atoms with Crippen molar-refractivity contribution < 1.29 is 4.52 Å². The van der Waals surface area contributed by atoms with Gasteiger partial charge in [-0.15, -0.1) is 0 Å². The first-order valence-electron chi connectivity index (χ1n) is 8.42. The molecule has 130 valence electrons. The number of aryl methyl sites for hydroxylation is 2. The molecule has 1 unspecified atom stereocenters.